The molecule has 1 aliphatic rings. The van der Waals surface area contributed by atoms with Crippen LogP contribution in [0, 0.1) is 0 Å². The molecule has 3 aromatic carbocycles. The van der Waals surface area contributed by atoms with Crippen LogP contribution >= 0.6 is 0 Å². The van der Waals surface area contributed by atoms with Crippen LogP contribution in [0.4, 0.5) is 0 Å². The van der Waals surface area contributed by atoms with E-state index in [0.717, 1.165) is 22.6 Å². The highest BCUT2D eigenvalue weighted by Crippen LogP contribution is 2.34. The molecule has 0 aliphatic carbocycles. The Morgan fingerprint density at radius 3 is 2.32 bits per heavy atom. The lowest BCUT2D eigenvalue weighted by molar-refractivity contribution is -0.136. The molecular weight excluding hydrogens is 472 g/mol. The first-order chi connectivity index (χ1) is 17.9. The average Bonchev–Trinajstić information content (AvgIpc) is 3.37. The Kier molecular flexibility index (Phi) is 8.08. The molecule has 1 atom stereocenters. The van der Waals surface area contributed by atoms with Crippen molar-refractivity contribution in [2.75, 3.05) is 20.8 Å². The van der Waals surface area contributed by atoms with Crippen LogP contribution in [-0.4, -0.2) is 49.5 Å². The molecule has 1 aliphatic heterocycles. The summed E-state index contributed by atoms with van der Waals surface area (Å²) in [6.45, 7) is 3.34. The van der Waals surface area contributed by atoms with E-state index in [1.54, 1.807) is 19.2 Å². The summed E-state index contributed by atoms with van der Waals surface area (Å²) in [6.07, 6.45) is 0.481. The second kappa shape index (κ2) is 11.6. The Hall–Kier alpha value is -4.33. The molecule has 0 bridgehead atoms. The third-order valence-corrected chi connectivity index (χ3v) is 5.86. The second-order valence-corrected chi connectivity index (χ2v) is 8.75. The molecule has 1 amide bonds. The number of hydrogen-bond acceptors (Lipinski definition) is 7. The number of amides is 1. The minimum Gasteiger partial charge on any atom is -0.497 e. The van der Waals surface area contributed by atoms with Crippen LogP contribution in [0.25, 0.3) is 0 Å². The number of esters is 1. The summed E-state index contributed by atoms with van der Waals surface area (Å²) in [5.41, 5.74) is 2.87. The van der Waals surface area contributed by atoms with Crippen molar-refractivity contribution >= 4 is 17.6 Å². The monoisotopic (exact) mass is 502 g/mol. The van der Waals surface area contributed by atoms with Gasteiger partial charge < -0.3 is 18.9 Å². The van der Waals surface area contributed by atoms with Crippen LogP contribution in [0.5, 0.6) is 17.2 Å². The molecule has 0 radical (unpaired) electrons. The first-order valence-electron chi connectivity index (χ1n) is 12.0. The lowest BCUT2D eigenvalue weighted by Crippen LogP contribution is -2.31. The van der Waals surface area contributed by atoms with Crippen molar-refractivity contribution in [2.45, 2.75) is 32.4 Å². The third-order valence-electron chi connectivity index (χ3n) is 5.86. The minimum atomic E-state index is -0.643. The Labute approximate surface area is 216 Å². The van der Waals surface area contributed by atoms with E-state index in [-0.39, 0.29) is 17.7 Å². The van der Waals surface area contributed by atoms with Gasteiger partial charge >= 0.3 is 5.97 Å². The van der Waals surface area contributed by atoms with Crippen molar-refractivity contribution in [2.24, 2.45) is 5.10 Å². The number of rotatable bonds is 9. The first-order valence-corrected chi connectivity index (χ1v) is 12.0. The highest BCUT2D eigenvalue weighted by atomic mass is 16.5. The van der Waals surface area contributed by atoms with Gasteiger partial charge in [0, 0.05) is 6.42 Å². The van der Waals surface area contributed by atoms with Gasteiger partial charge in [0.2, 0.25) is 0 Å². The predicted molar refractivity (Wildman–Crippen MR) is 139 cm³/mol. The number of nitrogens with zero attached hydrogens (tertiary/aromatic N) is 2. The van der Waals surface area contributed by atoms with E-state index in [1.165, 1.54) is 18.2 Å². The summed E-state index contributed by atoms with van der Waals surface area (Å²) in [5, 5.41) is 6.02. The van der Waals surface area contributed by atoms with E-state index in [0.29, 0.717) is 17.9 Å². The predicted octanol–water partition coefficient (Wildman–Crippen LogP) is 5.03. The van der Waals surface area contributed by atoms with Crippen molar-refractivity contribution in [3.8, 4) is 17.2 Å². The second-order valence-electron chi connectivity index (χ2n) is 8.75. The van der Waals surface area contributed by atoms with Gasteiger partial charge in [0.05, 0.1) is 37.6 Å². The van der Waals surface area contributed by atoms with Crippen LogP contribution in [0.2, 0.25) is 0 Å². The van der Waals surface area contributed by atoms with Crippen molar-refractivity contribution in [3.05, 3.63) is 89.5 Å². The average molecular weight is 503 g/mol. The highest BCUT2D eigenvalue weighted by Gasteiger charge is 2.33. The summed E-state index contributed by atoms with van der Waals surface area (Å²) < 4.78 is 21.7. The van der Waals surface area contributed by atoms with Gasteiger partial charge in [0.1, 0.15) is 5.75 Å². The number of ether oxygens (including phenoxy) is 4. The number of hydrogen-bond donors (Lipinski definition) is 0. The maximum atomic E-state index is 13.2. The van der Waals surface area contributed by atoms with Gasteiger partial charge in [-0.2, -0.15) is 5.10 Å². The molecule has 0 saturated carbocycles. The van der Waals surface area contributed by atoms with Gasteiger partial charge in [-0.1, -0.05) is 42.5 Å². The smallest absolute Gasteiger partial charge is 0.338 e. The molecule has 3 aromatic rings. The normalized spacial score (nSPS) is 14.8. The number of carbonyl (C=O) groups excluding carboxylic acids is 2. The van der Waals surface area contributed by atoms with Crippen LogP contribution in [0.3, 0.4) is 0 Å². The van der Waals surface area contributed by atoms with Gasteiger partial charge in [0.15, 0.2) is 18.1 Å². The molecule has 0 N–H and O–H groups in total. The molecule has 0 aromatic heterocycles. The molecule has 4 rings (SSSR count). The van der Waals surface area contributed by atoms with Gasteiger partial charge in [-0.25, -0.2) is 9.80 Å². The van der Waals surface area contributed by atoms with Crippen molar-refractivity contribution in [3.63, 3.8) is 0 Å². The highest BCUT2D eigenvalue weighted by molar-refractivity contribution is 6.03. The summed E-state index contributed by atoms with van der Waals surface area (Å²) in [5.74, 6) is 0.582. The zero-order chi connectivity index (χ0) is 26.4. The number of carbonyl (C=O) groups is 2. The SMILES string of the molecule is COc1ccc(C2CC(c3ccccc3)=NN2C(=O)COC(=O)c2ccc(OC(C)C)c(OC)c2)cc1. The van der Waals surface area contributed by atoms with Gasteiger partial charge in [-0.15, -0.1) is 0 Å². The molecule has 0 saturated heterocycles. The maximum absolute atomic E-state index is 13.2. The summed E-state index contributed by atoms with van der Waals surface area (Å²) in [6, 6.07) is 21.6. The minimum absolute atomic E-state index is 0.0511. The lowest BCUT2D eigenvalue weighted by Gasteiger charge is -2.22. The Morgan fingerprint density at radius 1 is 0.946 bits per heavy atom. The van der Waals surface area contributed by atoms with Crippen LogP contribution in [-0.2, 0) is 9.53 Å². The molecule has 8 nitrogen and oxygen atoms in total. The summed E-state index contributed by atoms with van der Waals surface area (Å²) in [4.78, 5) is 26.0. The van der Waals surface area contributed by atoms with Gasteiger partial charge in [0.25, 0.3) is 5.91 Å². The van der Waals surface area contributed by atoms with Gasteiger partial charge in [-0.3, -0.25) is 4.79 Å². The fourth-order valence-electron chi connectivity index (χ4n) is 4.05. The molecule has 1 heterocycles. The zero-order valence-corrected chi connectivity index (χ0v) is 21.3. The Bertz CT molecular complexity index is 1270. The molecule has 37 heavy (non-hydrogen) atoms. The molecule has 192 valence electrons. The maximum Gasteiger partial charge on any atom is 0.338 e. The van der Waals surface area contributed by atoms with E-state index in [9.17, 15) is 9.59 Å². The van der Waals surface area contributed by atoms with Crippen molar-refractivity contribution in [1.29, 1.82) is 0 Å². The largest absolute Gasteiger partial charge is 0.497 e. The number of hydrazone groups is 1. The quantitative estimate of drug-likeness (QED) is 0.382. The van der Waals surface area contributed by atoms with Gasteiger partial charge in [-0.05, 0) is 55.3 Å². The van der Waals surface area contributed by atoms with E-state index < -0.39 is 18.5 Å². The Balaban J connectivity index is 1.50. The van der Waals surface area contributed by atoms with Crippen molar-refractivity contribution < 1.29 is 28.5 Å². The number of benzene rings is 3. The van der Waals surface area contributed by atoms with E-state index in [4.69, 9.17) is 18.9 Å². The fraction of sp³-hybridized carbons (Fsp3) is 0.276. The standard InChI is InChI=1S/C29H30N2O6/c1-19(2)37-26-15-12-22(16-27(26)35-4)29(33)36-18-28(32)31-25(21-10-13-23(34-3)14-11-21)17-24(30-31)20-8-6-5-7-9-20/h5-16,19,25H,17-18H2,1-4H3. The summed E-state index contributed by atoms with van der Waals surface area (Å²) >= 11 is 0. The van der Waals surface area contributed by atoms with E-state index >= 15 is 0 Å². The molecule has 0 spiro atoms. The molecule has 0 fully saturated rings. The summed E-state index contributed by atoms with van der Waals surface area (Å²) in [7, 11) is 3.10. The molecular formula is C29H30N2O6. The zero-order valence-electron chi connectivity index (χ0n) is 21.3. The van der Waals surface area contributed by atoms with Crippen molar-refractivity contribution in [1.82, 2.24) is 5.01 Å². The van der Waals surface area contributed by atoms with E-state index in [1.807, 2.05) is 68.4 Å². The van der Waals surface area contributed by atoms with Crippen LogP contribution in [0.15, 0.2) is 77.9 Å². The fourth-order valence-corrected chi connectivity index (χ4v) is 4.05. The van der Waals surface area contributed by atoms with Crippen LogP contribution in [0.1, 0.15) is 47.8 Å². The first kappa shape index (κ1) is 25.8. The Morgan fingerprint density at radius 2 is 1.68 bits per heavy atom. The topological polar surface area (TPSA) is 86.7 Å². The number of methoxy groups -OCH3 is 2. The lowest BCUT2D eigenvalue weighted by atomic mass is 9.98. The third kappa shape index (κ3) is 6.09. The van der Waals surface area contributed by atoms with E-state index in [2.05, 4.69) is 5.10 Å². The van der Waals surface area contributed by atoms with Crippen LogP contribution < -0.4 is 14.2 Å². The molecule has 1 unspecified atom stereocenters. The molecule has 8 heteroatoms.